The van der Waals surface area contributed by atoms with Gasteiger partial charge in [-0.2, -0.15) is 0 Å². The number of nitrogens with zero attached hydrogens (tertiary/aromatic N) is 1. The minimum atomic E-state index is -1.10. The molecule has 0 bridgehead atoms. The maximum atomic E-state index is 12.4. The Bertz CT molecular complexity index is 1150. The first-order chi connectivity index (χ1) is 17.0. The molecule has 0 aliphatic heterocycles. The van der Waals surface area contributed by atoms with Gasteiger partial charge in [0, 0.05) is 25.8 Å². The number of carbonyl (C=O) groups excluding carboxylic acids is 1. The quantitative estimate of drug-likeness (QED) is 0.443. The van der Waals surface area contributed by atoms with Crippen LogP contribution >= 0.6 is 0 Å². The molecule has 1 saturated carbocycles. The first-order valence-electron chi connectivity index (χ1n) is 11.5. The van der Waals surface area contributed by atoms with Crippen LogP contribution in [0.15, 0.2) is 66.9 Å². The number of ether oxygens (including phenoxy) is 3. The van der Waals surface area contributed by atoms with Crippen LogP contribution in [0, 0.1) is 0 Å². The van der Waals surface area contributed by atoms with Crippen LogP contribution in [0.2, 0.25) is 0 Å². The highest BCUT2D eigenvalue weighted by Gasteiger charge is 2.23. The molecule has 2 atom stereocenters. The van der Waals surface area contributed by atoms with Gasteiger partial charge in [0.05, 0.1) is 23.8 Å². The van der Waals surface area contributed by atoms with Gasteiger partial charge in [0.15, 0.2) is 0 Å². The van der Waals surface area contributed by atoms with Gasteiger partial charge in [-0.25, -0.2) is 9.78 Å². The van der Waals surface area contributed by atoms with Crippen molar-refractivity contribution in [2.24, 2.45) is 0 Å². The summed E-state index contributed by atoms with van der Waals surface area (Å²) in [5.41, 5.74) is 0.970. The van der Waals surface area contributed by atoms with E-state index in [4.69, 9.17) is 14.2 Å². The Labute approximate surface area is 203 Å². The highest BCUT2D eigenvalue weighted by Crippen LogP contribution is 2.27. The molecule has 1 heterocycles. The fourth-order valence-corrected chi connectivity index (χ4v) is 4.06. The number of methoxy groups -OCH3 is 1. The average Bonchev–Trinajstić information content (AvgIpc) is 2.87. The van der Waals surface area contributed by atoms with E-state index in [-0.39, 0.29) is 35.8 Å². The van der Waals surface area contributed by atoms with E-state index in [1.165, 1.54) is 6.07 Å². The number of anilines is 1. The predicted octanol–water partition coefficient (Wildman–Crippen LogP) is 5.09. The van der Waals surface area contributed by atoms with Crippen LogP contribution in [-0.4, -0.2) is 41.3 Å². The van der Waals surface area contributed by atoms with Crippen LogP contribution in [0.4, 0.5) is 5.69 Å². The lowest BCUT2D eigenvalue weighted by Crippen LogP contribution is -2.29. The molecule has 0 radical (unpaired) electrons. The monoisotopic (exact) mass is 476 g/mol. The first kappa shape index (κ1) is 24.2. The zero-order valence-electron chi connectivity index (χ0n) is 19.5. The SMILES string of the molecule is COC1CCCC(Oc2ccc(Oc3ccc(CC(=O)Nc4ccccc4C(=O)O)cn3)cc2)C1. The fourth-order valence-electron chi connectivity index (χ4n) is 4.06. The number of hydrogen-bond acceptors (Lipinski definition) is 6. The van der Waals surface area contributed by atoms with Crippen LogP contribution in [0.3, 0.4) is 0 Å². The topological polar surface area (TPSA) is 107 Å². The van der Waals surface area contributed by atoms with Crippen LogP contribution < -0.4 is 14.8 Å². The maximum absolute atomic E-state index is 12.4. The highest BCUT2D eigenvalue weighted by molar-refractivity contribution is 6.00. The average molecular weight is 477 g/mol. The van der Waals surface area contributed by atoms with Crippen LogP contribution in [0.5, 0.6) is 17.4 Å². The van der Waals surface area contributed by atoms with Crippen molar-refractivity contribution in [3.05, 3.63) is 78.0 Å². The Morgan fingerprint density at radius 3 is 2.46 bits per heavy atom. The molecule has 35 heavy (non-hydrogen) atoms. The van der Waals surface area contributed by atoms with Crippen molar-refractivity contribution in [2.45, 2.75) is 44.3 Å². The third-order valence-electron chi connectivity index (χ3n) is 5.85. The number of hydrogen-bond donors (Lipinski definition) is 2. The third kappa shape index (κ3) is 6.80. The number of pyridine rings is 1. The molecular weight excluding hydrogens is 448 g/mol. The van der Waals surface area contributed by atoms with E-state index in [1.807, 2.05) is 24.3 Å². The largest absolute Gasteiger partial charge is 0.490 e. The zero-order valence-corrected chi connectivity index (χ0v) is 19.5. The van der Waals surface area contributed by atoms with Gasteiger partial charge in [0.2, 0.25) is 11.8 Å². The van der Waals surface area contributed by atoms with E-state index >= 15 is 0 Å². The Kier molecular flexibility index (Phi) is 7.95. The molecule has 0 spiro atoms. The summed E-state index contributed by atoms with van der Waals surface area (Å²) in [5, 5.41) is 11.9. The van der Waals surface area contributed by atoms with Crippen molar-refractivity contribution >= 4 is 17.6 Å². The fraction of sp³-hybridized carbons (Fsp3) is 0.296. The van der Waals surface area contributed by atoms with Gasteiger partial charge < -0.3 is 24.6 Å². The minimum Gasteiger partial charge on any atom is -0.490 e. The zero-order chi connectivity index (χ0) is 24.6. The van der Waals surface area contributed by atoms with Crippen molar-refractivity contribution < 1.29 is 28.9 Å². The standard InChI is InChI=1S/C27H28N2O6/c1-33-21-5-4-6-22(16-21)34-19-10-12-20(13-11-19)35-26-14-9-18(17-28-26)15-25(30)29-24-8-3-2-7-23(24)27(31)32/h2-3,7-14,17,21-22H,4-6,15-16H2,1H3,(H,29,30)(H,31,32). The summed E-state index contributed by atoms with van der Waals surface area (Å²) in [6, 6.07) is 17.1. The molecule has 1 amide bonds. The van der Waals surface area contributed by atoms with Crippen molar-refractivity contribution in [1.82, 2.24) is 4.98 Å². The summed E-state index contributed by atoms with van der Waals surface area (Å²) in [7, 11) is 1.75. The molecule has 4 rings (SSSR count). The molecule has 2 unspecified atom stereocenters. The number of para-hydroxylation sites is 1. The number of carboxylic acid groups (broad SMARTS) is 1. The van der Waals surface area contributed by atoms with Crippen molar-refractivity contribution in [2.75, 3.05) is 12.4 Å². The summed E-state index contributed by atoms with van der Waals surface area (Å²) < 4.78 is 17.4. The molecule has 3 aromatic rings. The number of rotatable bonds is 9. The molecule has 1 aromatic heterocycles. The lowest BCUT2D eigenvalue weighted by Gasteiger charge is -2.28. The second-order valence-corrected chi connectivity index (χ2v) is 8.42. The Morgan fingerprint density at radius 1 is 1.00 bits per heavy atom. The molecule has 182 valence electrons. The van der Waals surface area contributed by atoms with E-state index in [9.17, 15) is 14.7 Å². The number of amides is 1. The van der Waals surface area contributed by atoms with Crippen molar-refractivity contribution in [3.63, 3.8) is 0 Å². The van der Waals surface area contributed by atoms with Crippen molar-refractivity contribution in [3.8, 4) is 17.4 Å². The molecule has 1 aliphatic rings. The molecule has 8 nitrogen and oxygen atoms in total. The second kappa shape index (κ2) is 11.5. The Hall–Kier alpha value is -3.91. The summed E-state index contributed by atoms with van der Waals surface area (Å²) in [6.45, 7) is 0. The Balaban J connectivity index is 1.29. The summed E-state index contributed by atoms with van der Waals surface area (Å²) in [4.78, 5) is 27.9. The maximum Gasteiger partial charge on any atom is 0.337 e. The third-order valence-corrected chi connectivity index (χ3v) is 5.85. The molecule has 2 N–H and O–H groups in total. The van der Waals surface area contributed by atoms with Crippen LogP contribution in [-0.2, 0) is 16.0 Å². The van der Waals surface area contributed by atoms with E-state index in [2.05, 4.69) is 10.3 Å². The molecule has 1 fully saturated rings. The second-order valence-electron chi connectivity index (χ2n) is 8.42. The number of aromatic nitrogens is 1. The van der Waals surface area contributed by atoms with E-state index < -0.39 is 5.97 Å². The first-order valence-corrected chi connectivity index (χ1v) is 11.5. The van der Waals surface area contributed by atoms with Crippen LogP contribution in [0.25, 0.3) is 0 Å². The van der Waals surface area contributed by atoms with Gasteiger partial charge in [0.25, 0.3) is 0 Å². The smallest absolute Gasteiger partial charge is 0.337 e. The van der Waals surface area contributed by atoms with Gasteiger partial charge >= 0.3 is 5.97 Å². The summed E-state index contributed by atoms with van der Waals surface area (Å²) >= 11 is 0. The number of carbonyl (C=O) groups is 2. The van der Waals surface area contributed by atoms with Crippen LogP contribution in [0.1, 0.15) is 41.6 Å². The number of carboxylic acids is 1. The summed E-state index contributed by atoms with van der Waals surface area (Å²) in [5.74, 6) is 0.378. The summed E-state index contributed by atoms with van der Waals surface area (Å²) in [6.07, 6.45) is 6.14. The molecular formula is C27H28N2O6. The van der Waals surface area contributed by atoms with E-state index in [1.54, 1.807) is 43.6 Å². The van der Waals surface area contributed by atoms with Crippen molar-refractivity contribution in [1.29, 1.82) is 0 Å². The van der Waals surface area contributed by atoms with E-state index in [0.717, 1.165) is 31.4 Å². The van der Waals surface area contributed by atoms with Gasteiger partial charge in [-0.3, -0.25) is 4.79 Å². The van der Waals surface area contributed by atoms with Gasteiger partial charge in [-0.1, -0.05) is 18.2 Å². The van der Waals surface area contributed by atoms with E-state index in [0.29, 0.717) is 17.2 Å². The number of aromatic carboxylic acids is 1. The van der Waals surface area contributed by atoms with Gasteiger partial charge in [0.1, 0.15) is 17.6 Å². The lowest BCUT2D eigenvalue weighted by molar-refractivity contribution is -0.115. The predicted molar refractivity (Wildman–Crippen MR) is 130 cm³/mol. The highest BCUT2D eigenvalue weighted by atomic mass is 16.5. The minimum absolute atomic E-state index is 0.0389. The molecule has 8 heteroatoms. The normalized spacial score (nSPS) is 17.4. The van der Waals surface area contributed by atoms with Gasteiger partial charge in [-0.15, -0.1) is 0 Å². The Morgan fingerprint density at radius 2 is 1.74 bits per heavy atom. The molecule has 1 aliphatic carbocycles. The lowest BCUT2D eigenvalue weighted by atomic mass is 9.95. The molecule has 2 aromatic carbocycles. The number of nitrogens with one attached hydrogen (secondary N) is 1. The van der Waals surface area contributed by atoms with Gasteiger partial charge in [-0.05, 0) is 61.2 Å². The molecule has 0 saturated heterocycles. The number of benzene rings is 2.